The van der Waals surface area contributed by atoms with Gasteiger partial charge in [-0.25, -0.2) is 9.98 Å². The first-order chi connectivity index (χ1) is 11.1. The predicted molar refractivity (Wildman–Crippen MR) is 96.1 cm³/mol. The van der Waals surface area contributed by atoms with Crippen LogP contribution in [0.15, 0.2) is 11.2 Å². The summed E-state index contributed by atoms with van der Waals surface area (Å²) >= 11 is 1.70. The molecule has 2 heterocycles. The molecule has 0 saturated carbocycles. The minimum absolute atomic E-state index is 0.131. The zero-order chi connectivity index (χ0) is 16.7. The number of aliphatic imine (C=N–C) groups is 1. The minimum Gasteiger partial charge on any atom is -0.381 e. The molecule has 1 fully saturated rings. The first-order valence-corrected chi connectivity index (χ1v) is 9.06. The van der Waals surface area contributed by atoms with Crippen molar-refractivity contribution < 1.29 is 4.74 Å². The van der Waals surface area contributed by atoms with Crippen LogP contribution in [0.25, 0.3) is 0 Å². The monoisotopic (exact) mass is 339 g/mol. The molecule has 0 spiro atoms. The van der Waals surface area contributed by atoms with Crippen LogP contribution in [0.2, 0.25) is 0 Å². The summed E-state index contributed by atoms with van der Waals surface area (Å²) in [5.74, 6) is 0.855. The quantitative estimate of drug-likeness (QED) is 0.609. The number of aromatic nitrogens is 1. The van der Waals surface area contributed by atoms with Crippen molar-refractivity contribution in [3.05, 3.63) is 16.1 Å². The number of rotatable bonds is 6. The minimum atomic E-state index is 0.131. The molecule has 0 amide bonds. The topological polar surface area (TPSA) is 61.8 Å². The van der Waals surface area contributed by atoms with Gasteiger partial charge >= 0.3 is 0 Å². The van der Waals surface area contributed by atoms with Crippen LogP contribution < -0.4 is 10.6 Å². The molecule has 1 aliphatic heterocycles. The lowest BCUT2D eigenvalue weighted by Crippen LogP contribution is -2.57. The van der Waals surface area contributed by atoms with Crippen LogP contribution in [0, 0.1) is 6.92 Å². The molecular formula is C16H29N5OS. The van der Waals surface area contributed by atoms with E-state index in [1.165, 1.54) is 4.88 Å². The first-order valence-electron chi connectivity index (χ1n) is 8.24. The fourth-order valence-electron chi connectivity index (χ4n) is 2.74. The maximum Gasteiger partial charge on any atom is 0.191 e. The lowest BCUT2D eigenvalue weighted by atomic mass is 9.88. The second-order valence-corrected chi connectivity index (χ2v) is 7.46. The smallest absolute Gasteiger partial charge is 0.191 e. The van der Waals surface area contributed by atoms with E-state index in [2.05, 4.69) is 53.5 Å². The molecule has 0 aromatic carbocycles. The van der Waals surface area contributed by atoms with Crippen LogP contribution >= 0.6 is 11.3 Å². The number of nitrogens with zero attached hydrogens (tertiary/aromatic N) is 3. The van der Waals surface area contributed by atoms with E-state index < -0.39 is 0 Å². The van der Waals surface area contributed by atoms with Gasteiger partial charge in [0.15, 0.2) is 5.96 Å². The molecule has 0 atom stereocenters. The molecule has 23 heavy (non-hydrogen) atoms. The van der Waals surface area contributed by atoms with E-state index in [1.54, 1.807) is 11.3 Å². The van der Waals surface area contributed by atoms with Crippen LogP contribution in [-0.2, 0) is 11.3 Å². The Kier molecular flexibility index (Phi) is 6.80. The molecular weight excluding hydrogens is 310 g/mol. The summed E-state index contributed by atoms with van der Waals surface area (Å²) in [7, 11) is 4.30. The van der Waals surface area contributed by atoms with E-state index in [-0.39, 0.29) is 5.54 Å². The Hall–Kier alpha value is -1.18. The molecule has 2 N–H and O–H groups in total. The Labute approximate surface area is 143 Å². The molecule has 7 heteroatoms. The number of guanidine groups is 1. The van der Waals surface area contributed by atoms with Gasteiger partial charge in [-0.2, -0.15) is 0 Å². The lowest BCUT2D eigenvalue weighted by molar-refractivity contribution is -0.00501. The van der Waals surface area contributed by atoms with E-state index in [0.717, 1.165) is 50.1 Å². The van der Waals surface area contributed by atoms with Gasteiger partial charge in [0.25, 0.3) is 0 Å². The summed E-state index contributed by atoms with van der Waals surface area (Å²) in [6, 6.07) is 0. The maximum atomic E-state index is 5.53. The van der Waals surface area contributed by atoms with Crippen molar-refractivity contribution in [2.75, 3.05) is 40.4 Å². The number of likely N-dealkylation sites (N-methyl/N-ethyl adjacent to an activating group) is 1. The third-order valence-electron chi connectivity index (χ3n) is 4.34. The Bertz CT molecular complexity index is 508. The average molecular weight is 340 g/mol. The molecule has 0 radical (unpaired) electrons. The summed E-state index contributed by atoms with van der Waals surface area (Å²) in [6.45, 7) is 8.14. The average Bonchev–Trinajstić information content (AvgIpc) is 2.96. The summed E-state index contributed by atoms with van der Waals surface area (Å²) in [6.07, 6.45) is 3.98. The number of nitrogens with one attached hydrogen (secondary N) is 2. The van der Waals surface area contributed by atoms with Crippen molar-refractivity contribution in [2.24, 2.45) is 4.99 Å². The van der Waals surface area contributed by atoms with Crippen LogP contribution in [-0.4, -0.2) is 61.8 Å². The molecule has 6 nitrogen and oxygen atoms in total. The highest BCUT2D eigenvalue weighted by atomic mass is 32.1. The van der Waals surface area contributed by atoms with Gasteiger partial charge < -0.3 is 20.3 Å². The summed E-state index contributed by atoms with van der Waals surface area (Å²) in [4.78, 5) is 12.6. The van der Waals surface area contributed by atoms with E-state index in [0.29, 0.717) is 6.54 Å². The van der Waals surface area contributed by atoms with Crippen LogP contribution in [0.5, 0.6) is 0 Å². The number of hydrogen-bond acceptors (Lipinski definition) is 5. The third kappa shape index (κ3) is 5.16. The molecule has 0 aliphatic carbocycles. The molecule has 0 unspecified atom stereocenters. The van der Waals surface area contributed by atoms with Gasteiger partial charge in [-0.15, -0.1) is 11.3 Å². The molecule has 130 valence electrons. The van der Waals surface area contributed by atoms with Crippen molar-refractivity contribution in [1.82, 2.24) is 20.5 Å². The van der Waals surface area contributed by atoms with E-state index in [4.69, 9.17) is 4.74 Å². The Morgan fingerprint density at radius 2 is 2.13 bits per heavy atom. The second kappa shape index (κ2) is 8.61. The standard InChI is InChI=1S/C16H29N5OS/c1-5-17-15(19-11-14-18-10-13(2)23-14)20-12-16(21(3)4)6-8-22-9-7-16/h10H,5-9,11-12H2,1-4H3,(H2,17,19,20). The zero-order valence-corrected chi connectivity index (χ0v) is 15.5. The molecule has 1 saturated heterocycles. The van der Waals surface area contributed by atoms with Crippen LogP contribution in [0.3, 0.4) is 0 Å². The summed E-state index contributed by atoms with van der Waals surface area (Å²) in [5, 5.41) is 7.88. The highest BCUT2D eigenvalue weighted by Crippen LogP contribution is 2.25. The number of thiazole rings is 1. The van der Waals surface area contributed by atoms with Crippen molar-refractivity contribution in [3.63, 3.8) is 0 Å². The number of hydrogen-bond donors (Lipinski definition) is 2. The van der Waals surface area contributed by atoms with E-state index >= 15 is 0 Å². The number of aryl methyl sites for hydroxylation is 1. The van der Waals surface area contributed by atoms with Gasteiger partial charge in [0, 0.05) is 42.9 Å². The fourth-order valence-corrected chi connectivity index (χ4v) is 3.46. The lowest BCUT2D eigenvalue weighted by Gasteiger charge is -2.43. The van der Waals surface area contributed by atoms with Crippen molar-refractivity contribution >= 4 is 17.3 Å². The molecule has 1 aromatic heterocycles. The maximum absolute atomic E-state index is 5.53. The van der Waals surface area contributed by atoms with Crippen LogP contribution in [0.4, 0.5) is 0 Å². The highest BCUT2D eigenvalue weighted by molar-refractivity contribution is 7.11. The van der Waals surface area contributed by atoms with Crippen molar-refractivity contribution in [2.45, 2.75) is 38.8 Å². The van der Waals surface area contributed by atoms with Crippen molar-refractivity contribution in [1.29, 1.82) is 0 Å². The normalized spacial score (nSPS) is 18.2. The number of ether oxygens (including phenoxy) is 1. The summed E-state index contributed by atoms with van der Waals surface area (Å²) in [5.41, 5.74) is 0.131. The Morgan fingerprint density at radius 1 is 1.39 bits per heavy atom. The fraction of sp³-hybridized carbons (Fsp3) is 0.750. The van der Waals surface area contributed by atoms with Gasteiger partial charge in [-0.3, -0.25) is 0 Å². The molecule has 1 aliphatic rings. The second-order valence-electron chi connectivity index (χ2n) is 6.14. The largest absolute Gasteiger partial charge is 0.381 e. The van der Waals surface area contributed by atoms with E-state index in [9.17, 15) is 0 Å². The van der Waals surface area contributed by atoms with Gasteiger partial charge in [0.2, 0.25) is 0 Å². The van der Waals surface area contributed by atoms with Gasteiger partial charge in [-0.05, 0) is 40.8 Å². The highest BCUT2D eigenvalue weighted by Gasteiger charge is 2.34. The third-order valence-corrected chi connectivity index (χ3v) is 5.24. The Balaban J connectivity index is 1.97. The van der Waals surface area contributed by atoms with Crippen LogP contribution in [0.1, 0.15) is 29.7 Å². The van der Waals surface area contributed by atoms with E-state index in [1.807, 2.05) is 6.20 Å². The molecule has 2 rings (SSSR count). The molecule has 0 bridgehead atoms. The molecule has 1 aromatic rings. The zero-order valence-electron chi connectivity index (χ0n) is 14.7. The predicted octanol–water partition coefficient (Wildman–Crippen LogP) is 1.62. The SMILES string of the molecule is CCNC(=NCc1ncc(C)s1)NCC1(N(C)C)CCOCC1. The van der Waals surface area contributed by atoms with Crippen molar-refractivity contribution in [3.8, 4) is 0 Å². The Morgan fingerprint density at radius 3 is 2.70 bits per heavy atom. The first kappa shape index (κ1) is 18.2. The van der Waals surface area contributed by atoms with Gasteiger partial charge in [0.05, 0.1) is 6.54 Å². The summed E-state index contributed by atoms with van der Waals surface area (Å²) < 4.78 is 5.53. The van der Waals surface area contributed by atoms with Gasteiger partial charge in [-0.1, -0.05) is 0 Å². The van der Waals surface area contributed by atoms with Gasteiger partial charge in [0.1, 0.15) is 5.01 Å².